The van der Waals surface area contributed by atoms with E-state index in [4.69, 9.17) is 5.84 Å². The minimum absolute atomic E-state index is 0.251. The highest BCUT2D eigenvalue weighted by molar-refractivity contribution is 7.98. The largest absolute Gasteiger partial charge is 0.469 e. The van der Waals surface area contributed by atoms with Gasteiger partial charge < -0.3 is 10.6 Å². The average molecular weight is 278 g/mol. The molecule has 1 aromatic carbocycles. The van der Waals surface area contributed by atoms with Crippen LogP contribution in [0.4, 0.5) is 0 Å². The standard InChI is InChI=1S/C12H14N4O2S/c1-18-11(17)6-9-4-2-3-5-10(9)7-19-12-15-14-8-16(12)13/h2-5,8H,6-7,13H2,1H3. The Morgan fingerprint density at radius 3 is 2.79 bits per heavy atom. The van der Waals surface area contributed by atoms with Crippen LogP contribution in [-0.4, -0.2) is 28.0 Å². The molecule has 19 heavy (non-hydrogen) atoms. The van der Waals surface area contributed by atoms with Gasteiger partial charge in [0.15, 0.2) is 0 Å². The molecule has 6 nitrogen and oxygen atoms in total. The van der Waals surface area contributed by atoms with E-state index in [1.807, 2.05) is 24.3 Å². The predicted molar refractivity (Wildman–Crippen MR) is 71.9 cm³/mol. The molecule has 1 heterocycles. The third-order valence-corrected chi connectivity index (χ3v) is 3.58. The van der Waals surface area contributed by atoms with Gasteiger partial charge in [0.05, 0.1) is 13.5 Å². The normalized spacial score (nSPS) is 10.4. The van der Waals surface area contributed by atoms with E-state index in [-0.39, 0.29) is 12.4 Å². The number of esters is 1. The van der Waals surface area contributed by atoms with Crippen LogP contribution in [0, 0.1) is 0 Å². The number of hydrogen-bond acceptors (Lipinski definition) is 6. The molecule has 0 aliphatic carbocycles. The minimum Gasteiger partial charge on any atom is -0.469 e. The number of ether oxygens (including phenoxy) is 1. The van der Waals surface area contributed by atoms with Gasteiger partial charge >= 0.3 is 5.97 Å². The second-order valence-corrected chi connectivity index (χ2v) is 4.77. The van der Waals surface area contributed by atoms with Crippen LogP contribution < -0.4 is 5.84 Å². The van der Waals surface area contributed by atoms with E-state index in [0.717, 1.165) is 11.1 Å². The van der Waals surface area contributed by atoms with Crippen molar-refractivity contribution in [2.75, 3.05) is 13.0 Å². The maximum absolute atomic E-state index is 11.3. The fourth-order valence-corrected chi connectivity index (χ4v) is 2.44. The monoisotopic (exact) mass is 278 g/mol. The number of nitrogens with zero attached hydrogens (tertiary/aromatic N) is 3. The molecule has 7 heteroatoms. The molecule has 0 saturated heterocycles. The highest BCUT2D eigenvalue weighted by Gasteiger charge is 2.09. The molecule has 0 spiro atoms. The predicted octanol–water partition coefficient (Wildman–Crippen LogP) is 1.000. The summed E-state index contributed by atoms with van der Waals surface area (Å²) in [6, 6.07) is 7.73. The molecule has 0 radical (unpaired) electrons. The van der Waals surface area contributed by atoms with Crippen molar-refractivity contribution >= 4 is 17.7 Å². The number of carbonyl (C=O) groups is 1. The Morgan fingerprint density at radius 1 is 1.42 bits per heavy atom. The summed E-state index contributed by atoms with van der Waals surface area (Å²) in [4.78, 5) is 11.3. The molecule has 0 aliphatic heterocycles. The molecule has 2 aromatic rings. The average Bonchev–Trinajstić information content (AvgIpc) is 2.83. The summed E-state index contributed by atoms with van der Waals surface area (Å²) in [5.74, 6) is 6.06. The molecule has 0 saturated carbocycles. The van der Waals surface area contributed by atoms with Gasteiger partial charge in [0.2, 0.25) is 5.16 Å². The van der Waals surface area contributed by atoms with Gasteiger partial charge in [-0.05, 0) is 11.1 Å². The van der Waals surface area contributed by atoms with Crippen molar-refractivity contribution in [1.29, 1.82) is 0 Å². The number of rotatable bonds is 5. The number of nitrogens with two attached hydrogens (primary N) is 1. The van der Waals surface area contributed by atoms with E-state index >= 15 is 0 Å². The summed E-state index contributed by atoms with van der Waals surface area (Å²) in [6.07, 6.45) is 1.71. The van der Waals surface area contributed by atoms with Crippen molar-refractivity contribution in [1.82, 2.24) is 14.9 Å². The summed E-state index contributed by atoms with van der Waals surface area (Å²) in [6.45, 7) is 0. The summed E-state index contributed by atoms with van der Waals surface area (Å²) < 4.78 is 6.06. The van der Waals surface area contributed by atoms with E-state index in [1.54, 1.807) is 0 Å². The molecule has 0 aliphatic rings. The van der Waals surface area contributed by atoms with Crippen LogP contribution in [-0.2, 0) is 21.7 Å². The van der Waals surface area contributed by atoms with Crippen molar-refractivity contribution < 1.29 is 9.53 Å². The first-order valence-electron chi connectivity index (χ1n) is 5.62. The summed E-state index contributed by atoms with van der Waals surface area (Å²) >= 11 is 1.47. The third kappa shape index (κ3) is 3.47. The fourth-order valence-electron chi connectivity index (χ4n) is 1.58. The number of nitrogen functional groups attached to an aromatic ring is 1. The molecule has 2 rings (SSSR count). The minimum atomic E-state index is -0.251. The number of aromatic nitrogens is 3. The van der Waals surface area contributed by atoms with Crippen LogP contribution in [0.15, 0.2) is 35.7 Å². The summed E-state index contributed by atoms with van der Waals surface area (Å²) in [7, 11) is 1.39. The Balaban J connectivity index is 2.07. The second-order valence-electron chi connectivity index (χ2n) is 3.83. The van der Waals surface area contributed by atoms with Crippen LogP contribution in [0.3, 0.4) is 0 Å². The van der Waals surface area contributed by atoms with Gasteiger partial charge in [-0.3, -0.25) is 4.79 Å². The molecule has 0 unspecified atom stereocenters. The topological polar surface area (TPSA) is 83.0 Å². The van der Waals surface area contributed by atoms with Gasteiger partial charge in [-0.25, -0.2) is 4.68 Å². The number of thioether (sulfide) groups is 1. The number of benzene rings is 1. The van der Waals surface area contributed by atoms with E-state index in [2.05, 4.69) is 14.9 Å². The second kappa shape index (κ2) is 6.24. The Bertz CT molecular complexity index is 570. The van der Waals surface area contributed by atoms with Gasteiger partial charge in [0.25, 0.3) is 0 Å². The molecule has 2 N–H and O–H groups in total. The van der Waals surface area contributed by atoms with Gasteiger partial charge in [-0.15, -0.1) is 10.2 Å². The maximum Gasteiger partial charge on any atom is 0.309 e. The van der Waals surface area contributed by atoms with Gasteiger partial charge in [0, 0.05) is 5.75 Å². The van der Waals surface area contributed by atoms with Crippen molar-refractivity contribution in [2.45, 2.75) is 17.3 Å². The molecule has 100 valence electrons. The summed E-state index contributed by atoms with van der Waals surface area (Å²) in [5.41, 5.74) is 2.01. The molecule has 0 atom stereocenters. The lowest BCUT2D eigenvalue weighted by Gasteiger charge is -2.07. The van der Waals surface area contributed by atoms with Crippen LogP contribution >= 0.6 is 11.8 Å². The highest BCUT2D eigenvalue weighted by Crippen LogP contribution is 2.22. The molecule has 0 fully saturated rings. The van der Waals surface area contributed by atoms with E-state index < -0.39 is 0 Å². The number of carbonyl (C=O) groups excluding carboxylic acids is 1. The quantitative estimate of drug-likeness (QED) is 0.499. The zero-order chi connectivity index (χ0) is 13.7. The zero-order valence-corrected chi connectivity index (χ0v) is 11.3. The van der Waals surface area contributed by atoms with E-state index in [0.29, 0.717) is 10.9 Å². The lowest BCUT2D eigenvalue weighted by Crippen LogP contribution is -2.08. The third-order valence-electron chi connectivity index (χ3n) is 2.58. The Labute approximate surface area is 114 Å². The SMILES string of the molecule is COC(=O)Cc1ccccc1CSc1nncn1N. The van der Waals surface area contributed by atoms with E-state index in [9.17, 15) is 4.79 Å². The van der Waals surface area contributed by atoms with E-state index in [1.165, 1.54) is 29.9 Å². The smallest absolute Gasteiger partial charge is 0.309 e. The van der Waals surface area contributed by atoms with Crippen LogP contribution in [0.1, 0.15) is 11.1 Å². The first kappa shape index (κ1) is 13.4. The van der Waals surface area contributed by atoms with Crippen molar-refractivity contribution in [3.05, 3.63) is 41.7 Å². The summed E-state index contributed by atoms with van der Waals surface area (Å²) in [5, 5.41) is 8.24. The first-order valence-corrected chi connectivity index (χ1v) is 6.60. The molecule has 1 aromatic heterocycles. The Morgan fingerprint density at radius 2 is 2.16 bits per heavy atom. The van der Waals surface area contributed by atoms with Crippen molar-refractivity contribution in [3.8, 4) is 0 Å². The van der Waals surface area contributed by atoms with Crippen LogP contribution in [0.25, 0.3) is 0 Å². The Kier molecular flexibility index (Phi) is 4.40. The zero-order valence-electron chi connectivity index (χ0n) is 10.4. The number of methoxy groups -OCH3 is 1. The lowest BCUT2D eigenvalue weighted by atomic mass is 10.1. The highest BCUT2D eigenvalue weighted by atomic mass is 32.2. The van der Waals surface area contributed by atoms with Crippen molar-refractivity contribution in [3.63, 3.8) is 0 Å². The van der Waals surface area contributed by atoms with Gasteiger partial charge in [-0.1, -0.05) is 36.0 Å². The maximum atomic E-state index is 11.3. The lowest BCUT2D eigenvalue weighted by molar-refractivity contribution is -0.139. The molecular formula is C12H14N4O2S. The Hall–Kier alpha value is -2.02. The van der Waals surface area contributed by atoms with Crippen LogP contribution in [0.2, 0.25) is 0 Å². The van der Waals surface area contributed by atoms with Crippen LogP contribution in [0.5, 0.6) is 0 Å². The first-order chi connectivity index (χ1) is 9.20. The molecular weight excluding hydrogens is 264 g/mol. The number of hydrogen-bond donors (Lipinski definition) is 1. The molecule has 0 bridgehead atoms. The molecule has 0 amide bonds. The van der Waals surface area contributed by atoms with Gasteiger partial charge in [-0.2, -0.15) is 0 Å². The van der Waals surface area contributed by atoms with Crippen molar-refractivity contribution in [2.24, 2.45) is 0 Å². The van der Waals surface area contributed by atoms with Gasteiger partial charge in [0.1, 0.15) is 6.33 Å². The fraction of sp³-hybridized carbons (Fsp3) is 0.250.